The Kier molecular flexibility index (Phi) is 15.8. The normalized spacial score (nSPS) is 11.2. The average Bonchev–Trinajstić information content (AvgIpc) is 0.950. The van der Waals surface area contributed by atoms with Crippen molar-refractivity contribution in [3.63, 3.8) is 0 Å². The first-order chi connectivity index (χ1) is 45.8. The molecule has 0 spiro atoms. The Morgan fingerprint density at radius 1 is 0.151 bits per heavy atom. The van der Waals surface area contributed by atoms with Crippen LogP contribution in [-0.4, -0.2) is 15.0 Å². The van der Waals surface area contributed by atoms with E-state index in [9.17, 15) is 0 Å². The van der Waals surface area contributed by atoms with Crippen LogP contribution in [0.5, 0.6) is 0 Å². The van der Waals surface area contributed by atoms with Gasteiger partial charge in [-0.1, -0.05) is 255 Å². The maximum Gasteiger partial charge on any atom is 0.0705 e. The minimum atomic E-state index is 0.920. The van der Waals surface area contributed by atoms with Crippen molar-refractivity contribution in [1.29, 1.82) is 0 Å². The third kappa shape index (κ3) is 12.0. The lowest BCUT2D eigenvalue weighted by Crippen LogP contribution is -1.96. The van der Waals surface area contributed by atoms with Crippen LogP contribution in [-0.2, 0) is 0 Å². The lowest BCUT2D eigenvalue weighted by molar-refractivity contribution is 1.28. The van der Waals surface area contributed by atoms with Crippen LogP contribution in [0.25, 0.3) is 156 Å². The van der Waals surface area contributed by atoms with Gasteiger partial charge < -0.3 is 0 Å². The molecule has 12 aromatic carbocycles. The molecule has 0 unspecified atom stereocenters. The Morgan fingerprint density at radius 3 is 0.720 bits per heavy atom. The van der Waals surface area contributed by atoms with Crippen molar-refractivity contribution in [1.82, 2.24) is 15.0 Å². The van der Waals surface area contributed by atoms with Crippen LogP contribution < -0.4 is 0 Å². The van der Waals surface area contributed by atoms with Gasteiger partial charge in [0.05, 0.1) is 17.1 Å². The number of nitrogens with zero attached hydrogens (tertiary/aromatic N) is 3. The zero-order valence-corrected chi connectivity index (χ0v) is 52.2. The van der Waals surface area contributed by atoms with Crippen LogP contribution >= 0.6 is 0 Å². The largest absolute Gasteiger partial charge is 0.256 e. The molecule has 0 aliphatic rings. The van der Waals surface area contributed by atoms with Gasteiger partial charge in [-0.15, -0.1) is 0 Å². The molecule has 3 heteroatoms. The summed E-state index contributed by atoms with van der Waals surface area (Å²) in [6.45, 7) is 6.64. The molecule has 3 heterocycles. The summed E-state index contributed by atoms with van der Waals surface area (Å²) in [5.41, 5.74) is 34.3. The lowest BCUT2D eigenvalue weighted by atomic mass is 9.85. The summed E-state index contributed by atoms with van der Waals surface area (Å²) in [5, 5.41) is 0. The van der Waals surface area contributed by atoms with Gasteiger partial charge in [-0.2, -0.15) is 0 Å². The zero-order chi connectivity index (χ0) is 62.6. The number of hydrogen-bond donors (Lipinski definition) is 0. The van der Waals surface area contributed by atoms with E-state index in [4.69, 9.17) is 15.0 Å². The van der Waals surface area contributed by atoms with E-state index >= 15 is 0 Å². The third-order valence-electron chi connectivity index (χ3n) is 18.0. The molecule has 440 valence electrons. The summed E-state index contributed by atoms with van der Waals surface area (Å²) in [4.78, 5) is 15.8. The van der Waals surface area contributed by atoms with Crippen molar-refractivity contribution in [3.8, 4) is 156 Å². The standard InChI is InChI=1S/C90H65N3/c1-60-46-88(71-34-22-32-69(49-71)64-26-10-5-11-27-64)91-57-85(60)82-39-19-16-36-79(82)75-54-76(80-37-17-20-40-83(80)86-58-92-89(47-61(86)2)72-35-23-33-70(50-72)65-28-12-6-13-29-65)56-77(55-75)81-38-18-21-41-84(81)87-59-93-90(48-62(87)3)78-52-73(66-30-14-7-15-31-66)51-74(53-78)68-44-42-67(43-45-68)63-24-8-4-9-25-63/h4-59H,1-3H3. The van der Waals surface area contributed by atoms with E-state index in [-0.39, 0.29) is 0 Å². The van der Waals surface area contributed by atoms with Gasteiger partial charge in [-0.3, -0.25) is 15.0 Å². The summed E-state index contributed by atoms with van der Waals surface area (Å²) >= 11 is 0. The highest BCUT2D eigenvalue weighted by atomic mass is 14.7. The molecule has 0 aliphatic heterocycles. The molecule has 0 atom stereocenters. The second-order valence-electron chi connectivity index (χ2n) is 24.1. The fourth-order valence-corrected chi connectivity index (χ4v) is 13.2. The SMILES string of the molecule is Cc1cc(-c2cccc(-c3ccccc3)c2)ncc1-c1ccccc1-c1cc(-c2ccccc2-c2cnc(-c3cccc(-c4ccccc4)c3)cc2C)cc(-c2ccccc2-c2cnc(-c3cc(-c4ccccc4)cc(-c4ccc(-c5ccccc5)cc4)c3)cc2C)c1. The molecule has 0 radical (unpaired) electrons. The number of aryl methyl sites for hydroxylation is 3. The molecule has 0 aliphatic carbocycles. The maximum absolute atomic E-state index is 5.36. The van der Waals surface area contributed by atoms with E-state index in [2.05, 4.69) is 361 Å². The highest BCUT2D eigenvalue weighted by molar-refractivity contribution is 5.96. The fraction of sp³-hybridized carbons (Fsp3) is 0.0333. The van der Waals surface area contributed by atoms with Gasteiger partial charge in [-0.05, 0) is 210 Å². The third-order valence-corrected chi connectivity index (χ3v) is 18.0. The molecule has 15 rings (SSSR count). The lowest BCUT2D eigenvalue weighted by Gasteiger charge is -2.19. The summed E-state index contributed by atoms with van der Waals surface area (Å²) in [6.07, 6.45) is 6.21. The van der Waals surface area contributed by atoms with Crippen LogP contribution in [0.3, 0.4) is 0 Å². The molecule has 0 saturated carbocycles. The van der Waals surface area contributed by atoms with Gasteiger partial charge in [0.1, 0.15) is 0 Å². The van der Waals surface area contributed by atoms with Gasteiger partial charge in [0.2, 0.25) is 0 Å². The fourth-order valence-electron chi connectivity index (χ4n) is 13.2. The molecule has 0 amide bonds. The molecular weight excluding hydrogens is 1120 g/mol. The summed E-state index contributed by atoms with van der Waals surface area (Å²) in [5.74, 6) is 0. The maximum atomic E-state index is 5.36. The van der Waals surface area contributed by atoms with E-state index in [0.717, 1.165) is 151 Å². The van der Waals surface area contributed by atoms with Gasteiger partial charge in [-0.25, -0.2) is 0 Å². The Hall–Kier alpha value is -11.9. The van der Waals surface area contributed by atoms with E-state index in [0.29, 0.717) is 0 Å². The monoisotopic (exact) mass is 1190 g/mol. The smallest absolute Gasteiger partial charge is 0.0705 e. The summed E-state index contributed by atoms with van der Waals surface area (Å²) < 4.78 is 0. The Bertz CT molecular complexity index is 5010. The number of benzene rings is 12. The number of aromatic nitrogens is 3. The average molecular weight is 1190 g/mol. The van der Waals surface area contributed by atoms with E-state index in [1.165, 1.54) is 22.3 Å². The predicted molar refractivity (Wildman–Crippen MR) is 390 cm³/mol. The van der Waals surface area contributed by atoms with Crippen LogP contribution in [0, 0.1) is 20.8 Å². The minimum Gasteiger partial charge on any atom is -0.256 e. The first-order valence-corrected chi connectivity index (χ1v) is 31.8. The number of hydrogen-bond acceptors (Lipinski definition) is 3. The molecule has 0 fully saturated rings. The summed E-state index contributed by atoms with van der Waals surface area (Å²) in [7, 11) is 0. The van der Waals surface area contributed by atoms with Crippen molar-refractivity contribution in [2.45, 2.75) is 20.8 Å². The molecule has 3 aromatic heterocycles. The number of rotatable bonds is 14. The molecular formula is C90H65N3. The molecule has 0 N–H and O–H groups in total. The Morgan fingerprint density at radius 2 is 0.376 bits per heavy atom. The quantitative estimate of drug-likeness (QED) is 0.109. The van der Waals surface area contributed by atoms with E-state index in [1.807, 2.05) is 0 Å². The topological polar surface area (TPSA) is 38.7 Å². The van der Waals surface area contributed by atoms with Crippen LogP contribution in [0.1, 0.15) is 16.7 Å². The van der Waals surface area contributed by atoms with Gasteiger partial charge >= 0.3 is 0 Å². The number of pyridine rings is 3. The molecule has 0 saturated heterocycles. The Labute approximate surface area is 545 Å². The highest BCUT2D eigenvalue weighted by Crippen LogP contribution is 2.45. The van der Waals surface area contributed by atoms with Gasteiger partial charge in [0, 0.05) is 52.0 Å². The van der Waals surface area contributed by atoms with Crippen molar-refractivity contribution in [2.24, 2.45) is 0 Å². The van der Waals surface area contributed by atoms with Crippen LogP contribution in [0.2, 0.25) is 0 Å². The van der Waals surface area contributed by atoms with Crippen LogP contribution in [0.15, 0.2) is 340 Å². The second kappa shape index (κ2) is 25.5. The van der Waals surface area contributed by atoms with Crippen LogP contribution in [0.4, 0.5) is 0 Å². The second-order valence-corrected chi connectivity index (χ2v) is 24.1. The molecule has 93 heavy (non-hydrogen) atoms. The van der Waals surface area contributed by atoms with Crippen molar-refractivity contribution in [3.05, 3.63) is 357 Å². The first-order valence-electron chi connectivity index (χ1n) is 31.8. The van der Waals surface area contributed by atoms with Crippen molar-refractivity contribution < 1.29 is 0 Å². The van der Waals surface area contributed by atoms with Crippen molar-refractivity contribution >= 4 is 0 Å². The van der Waals surface area contributed by atoms with Crippen molar-refractivity contribution in [2.75, 3.05) is 0 Å². The van der Waals surface area contributed by atoms with Gasteiger partial charge in [0.15, 0.2) is 0 Å². The summed E-state index contributed by atoms with van der Waals surface area (Å²) in [6, 6.07) is 116. The highest BCUT2D eigenvalue weighted by Gasteiger charge is 2.20. The molecule has 3 nitrogen and oxygen atoms in total. The molecule has 15 aromatic rings. The Balaban J connectivity index is 0.840. The minimum absolute atomic E-state index is 0.920. The molecule has 0 bridgehead atoms. The van der Waals surface area contributed by atoms with E-state index in [1.54, 1.807) is 0 Å². The zero-order valence-electron chi connectivity index (χ0n) is 52.2. The van der Waals surface area contributed by atoms with Gasteiger partial charge in [0.25, 0.3) is 0 Å². The predicted octanol–water partition coefficient (Wildman–Crippen LogP) is 24.1. The first kappa shape index (κ1) is 57.5. The van der Waals surface area contributed by atoms with E-state index < -0.39 is 0 Å².